The molecule has 0 saturated heterocycles. The zero-order valence-electron chi connectivity index (χ0n) is 13.0. The van der Waals surface area contributed by atoms with Crippen molar-refractivity contribution in [3.05, 3.63) is 0 Å². The molecule has 1 unspecified atom stereocenters. The van der Waals surface area contributed by atoms with Gasteiger partial charge in [0.25, 0.3) is 0 Å². The van der Waals surface area contributed by atoms with Crippen molar-refractivity contribution in [2.75, 3.05) is 5.75 Å². The van der Waals surface area contributed by atoms with Gasteiger partial charge in [-0.3, -0.25) is 0 Å². The van der Waals surface area contributed by atoms with Crippen LogP contribution in [0.5, 0.6) is 0 Å². The van der Waals surface area contributed by atoms with E-state index in [0.717, 1.165) is 0 Å². The van der Waals surface area contributed by atoms with Gasteiger partial charge < -0.3 is 0 Å². The maximum absolute atomic E-state index is 2.71. The van der Waals surface area contributed by atoms with Crippen molar-refractivity contribution in [3.63, 3.8) is 0 Å². The van der Waals surface area contributed by atoms with Crippen LogP contribution >= 0.6 is 29.6 Å². The van der Waals surface area contributed by atoms with E-state index in [1.165, 1.54) is 95.6 Å². The number of hydrogen-bond donors (Lipinski definition) is 0. The summed E-state index contributed by atoms with van der Waals surface area (Å²) in [6, 6.07) is 0. The monoisotopic (exact) mass is 322 g/mol. The molecule has 0 fully saturated rings. The van der Waals surface area contributed by atoms with E-state index in [4.69, 9.17) is 0 Å². The molecule has 0 aliphatic carbocycles. The van der Waals surface area contributed by atoms with Crippen LogP contribution in [0.1, 0.15) is 96.8 Å². The molecule has 0 heterocycles. The molecule has 1 atom stereocenters. The molecule has 0 aromatic carbocycles. The Balaban J connectivity index is 2.88. The Bertz CT molecular complexity index is 138. The number of rotatable bonds is 16. The van der Waals surface area contributed by atoms with E-state index in [1.807, 2.05) is 21.2 Å². The summed E-state index contributed by atoms with van der Waals surface area (Å²) in [5.41, 5.74) is 0. The zero-order chi connectivity index (χ0) is 14.0. The lowest BCUT2D eigenvalue weighted by Crippen LogP contribution is -1.83. The number of unbranched alkanes of at least 4 members (excludes halogenated alkanes) is 13. The summed E-state index contributed by atoms with van der Waals surface area (Å²) in [6.45, 7) is 2.29. The molecular weight excluding hydrogens is 287 g/mol. The minimum atomic E-state index is 1.33. The molecular formula is C16H35PS2. The van der Waals surface area contributed by atoms with E-state index < -0.39 is 0 Å². The van der Waals surface area contributed by atoms with E-state index in [1.54, 1.807) is 0 Å². The summed E-state index contributed by atoms with van der Waals surface area (Å²) in [6.07, 6.45) is 20.4. The summed E-state index contributed by atoms with van der Waals surface area (Å²) < 4.78 is 0. The molecule has 3 heteroatoms. The maximum Gasteiger partial charge on any atom is 0.00399 e. The third kappa shape index (κ3) is 19.1. The van der Waals surface area contributed by atoms with E-state index in [0.29, 0.717) is 0 Å². The molecule has 0 aromatic heterocycles. The van der Waals surface area contributed by atoms with Crippen molar-refractivity contribution >= 4 is 29.6 Å². The van der Waals surface area contributed by atoms with Crippen molar-refractivity contribution in [3.8, 4) is 0 Å². The normalized spacial score (nSPS) is 11.1. The SMILES string of the molecule is CCCCCCCCCCCCCCCCSSP. The van der Waals surface area contributed by atoms with Crippen LogP contribution in [0.2, 0.25) is 0 Å². The van der Waals surface area contributed by atoms with Crippen LogP contribution in [-0.4, -0.2) is 5.75 Å². The van der Waals surface area contributed by atoms with Crippen LogP contribution < -0.4 is 0 Å². The Morgan fingerprint density at radius 1 is 0.579 bits per heavy atom. The third-order valence-electron chi connectivity index (χ3n) is 3.65. The van der Waals surface area contributed by atoms with Crippen LogP contribution in [-0.2, 0) is 0 Å². The third-order valence-corrected chi connectivity index (χ3v) is 6.37. The van der Waals surface area contributed by atoms with Crippen molar-refractivity contribution in [2.24, 2.45) is 0 Å². The van der Waals surface area contributed by atoms with E-state index in [9.17, 15) is 0 Å². The Labute approximate surface area is 132 Å². The summed E-state index contributed by atoms with van der Waals surface area (Å²) in [5.74, 6) is 1.33. The van der Waals surface area contributed by atoms with Crippen molar-refractivity contribution < 1.29 is 0 Å². The molecule has 0 aromatic rings. The lowest BCUT2D eigenvalue weighted by molar-refractivity contribution is 0.538. The predicted molar refractivity (Wildman–Crippen MR) is 100 cm³/mol. The van der Waals surface area contributed by atoms with Crippen LogP contribution in [0.25, 0.3) is 0 Å². The fourth-order valence-corrected chi connectivity index (χ4v) is 4.33. The number of hydrogen-bond acceptors (Lipinski definition) is 2. The lowest BCUT2D eigenvalue weighted by atomic mass is 10.0. The quantitative estimate of drug-likeness (QED) is 0.163. The highest BCUT2D eigenvalue weighted by Crippen LogP contribution is 2.29. The first-order valence-electron chi connectivity index (χ1n) is 8.40. The largest absolute Gasteiger partial charge is 0.0901 e. The summed E-state index contributed by atoms with van der Waals surface area (Å²) in [5, 5.41) is 0. The highest BCUT2D eigenvalue weighted by Gasteiger charge is 1.94. The second-order valence-corrected chi connectivity index (χ2v) is 9.37. The van der Waals surface area contributed by atoms with E-state index >= 15 is 0 Å². The van der Waals surface area contributed by atoms with Crippen LogP contribution in [0.4, 0.5) is 0 Å². The van der Waals surface area contributed by atoms with Crippen molar-refractivity contribution in [1.29, 1.82) is 0 Å². The average Bonchev–Trinajstić information content (AvgIpc) is 2.43. The Kier molecular flexibility index (Phi) is 20.3. The Morgan fingerprint density at radius 3 is 1.32 bits per heavy atom. The highest BCUT2D eigenvalue weighted by molar-refractivity contribution is 8.94. The van der Waals surface area contributed by atoms with Gasteiger partial charge >= 0.3 is 0 Å². The zero-order valence-corrected chi connectivity index (χ0v) is 15.8. The summed E-state index contributed by atoms with van der Waals surface area (Å²) >= 11 is 0. The lowest BCUT2D eigenvalue weighted by Gasteiger charge is -2.03. The molecule has 0 amide bonds. The maximum atomic E-state index is 2.71. The van der Waals surface area contributed by atoms with Gasteiger partial charge in [-0.1, -0.05) is 120 Å². The van der Waals surface area contributed by atoms with Gasteiger partial charge in [-0.25, -0.2) is 0 Å². The van der Waals surface area contributed by atoms with Crippen LogP contribution in [0.3, 0.4) is 0 Å². The predicted octanol–water partition coefficient (Wildman–Crippen LogP) is 7.64. The second kappa shape index (κ2) is 19.1. The molecule has 0 saturated carbocycles. The van der Waals surface area contributed by atoms with Gasteiger partial charge in [0.15, 0.2) is 0 Å². The van der Waals surface area contributed by atoms with Gasteiger partial charge in [-0.2, -0.15) is 0 Å². The summed E-state index contributed by atoms with van der Waals surface area (Å²) in [7, 11) is 6.50. The van der Waals surface area contributed by atoms with E-state index in [-0.39, 0.29) is 0 Å². The smallest absolute Gasteiger partial charge is 0.00399 e. The van der Waals surface area contributed by atoms with E-state index in [2.05, 4.69) is 15.4 Å². The fourth-order valence-electron chi connectivity index (χ4n) is 2.40. The summed E-state index contributed by atoms with van der Waals surface area (Å²) in [4.78, 5) is 0. The molecule has 0 spiro atoms. The van der Waals surface area contributed by atoms with Gasteiger partial charge in [0.2, 0.25) is 0 Å². The molecule has 19 heavy (non-hydrogen) atoms. The average molecular weight is 323 g/mol. The molecule has 0 nitrogen and oxygen atoms in total. The highest BCUT2D eigenvalue weighted by atomic mass is 33.3. The fraction of sp³-hybridized carbons (Fsp3) is 1.00. The molecule has 0 aliphatic heterocycles. The van der Waals surface area contributed by atoms with Crippen molar-refractivity contribution in [2.45, 2.75) is 96.8 Å². The van der Waals surface area contributed by atoms with Gasteiger partial charge in [0.1, 0.15) is 0 Å². The van der Waals surface area contributed by atoms with Crippen LogP contribution in [0, 0.1) is 0 Å². The molecule has 0 N–H and O–H groups in total. The Morgan fingerprint density at radius 2 is 0.947 bits per heavy atom. The van der Waals surface area contributed by atoms with Crippen molar-refractivity contribution in [1.82, 2.24) is 0 Å². The second-order valence-electron chi connectivity index (χ2n) is 5.51. The molecule has 0 rings (SSSR count). The molecule has 0 bridgehead atoms. The first-order chi connectivity index (χ1) is 9.41. The Hall–Kier alpha value is 1.13. The van der Waals surface area contributed by atoms with Crippen LogP contribution in [0.15, 0.2) is 0 Å². The molecule has 0 aliphatic rings. The van der Waals surface area contributed by atoms with Gasteiger partial charge in [0, 0.05) is 5.75 Å². The van der Waals surface area contributed by atoms with Gasteiger partial charge in [-0.15, -0.1) is 0 Å². The van der Waals surface area contributed by atoms with Gasteiger partial charge in [-0.05, 0) is 6.42 Å². The van der Waals surface area contributed by atoms with Gasteiger partial charge in [0.05, 0.1) is 0 Å². The first-order valence-corrected chi connectivity index (χ1v) is 12.2. The molecule has 0 radical (unpaired) electrons. The minimum Gasteiger partial charge on any atom is -0.0901 e. The minimum absolute atomic E-state index is 1.33. The first kappa shape index (κ1) is 20.1. The topological polar surface area (TPSA) is 0 Å². The standard InChI is InChI=1S/C16H35PS2/c1-2-3-4-5-6-7-8-9-10-11-12-13-14-15-16-18-19-17/h2-17H2,1H3. The molecule has 116 valence electrons.